The van der Waals surface area contributed by atoms with Gasteiger partial charge in [0.15, 0.2) is 0 Å². The van der Waals surface area contributed by atoms with Gasteiger partial charge < -0.3 is 9.84 Å². The summed E-state index contributed by atoms with van der Waals surface area (Å²) in [5, 5.41) is 9.55. The second-order valence-corrected chi connectivity index (χ2v) is 6.93. The second-order valence-electron chi connectivity index (χ2n) is 5.24. The highest BCUT2D eigenvalue weighted by atomic mass is 32.2. The molecule has 0 atom stereocenters. The fourth-order valence-corrected chi connectivity index (χ4v) is 3.14. The maximum absolute atomic E-state index is 12.0. The van der Waals surface area contributed by atoms with Crippen LogP contribution >= 0.6 is 0 Å². The van der Waals surface area contributed by atoms with Crippen LogP contribution in [0, 0.1) is 0 Å². The SMILES string of the molecule is COS(=O)(=O)c1cc(O)ccc1Oc1ccc(-c2ccccc2)cc1. The largest absolute Gasteiger partial charge is 0.508 e. The van der Waals surface area contributed by atoms with E-state index in [1.165, 1.54) is 12.1 Å². The maximum Gasteiger partial charge on any atom is 0.300 e. The zero-order chi connectivity index (χ0) is 17.9. The highest BCUT2D eigenvalue weighted by Crippen LogP contribution is 2.33. The van der Waals surface area contributed by atoms with Gasteiger partial charge in [-0.3, -0.25) is 4.18 Å². The Balaban J connectivity index is 1.91. The van der Waals surface area contributed by atoms with Gasteiger partial charge in [-0.2, -0.15) is 8.42 Å². The molecule has 0 bridgehead atoms. The quantitative estimate of drug-likeness (QED) is 0.694. The van der Waals surface area contributed by atoms with Gasteiger partial charge in [-0.15, -0.1) is 0 Å². The standard InChI is InChI=1S/C19H16O5S/c1-23-25(21,22)19-13-16(20)9-12-18(19)24-17-10-7-15(8-11-17)14-5-3-2-4-6-14/h2-13,20H,1H3. The summed E-state index contributed by atoms with van der Waals surface area (Å²) in [5.74, 6) is 0.354. The number of rotatable bonds is 5. The average Bonchev–Trinajstić information content (AvgIpc) is 2.64. The van der Waals surface area contributed by atoms with Crippen LogP contribution in [0.4, 0.5) is 0 Å². The van der Waals surface area contributed by atoms with Gasteiger partial charge in [-0.1, -0.05) is 42.5 Å². The van der Waals surface area contributed by atoms with Crippen molar-refractivity contribution in [2.75, 3.05) is 7.11 Å². The summed E-state index contributed by atoms with van der Waals surface area (Å²) in [6.07, 6.45) is 0. The molecule has 0 aromatic heterocycles. The number of aromatic hydroxyl groups is 1. The molecular formula is C19H16O5S. The molecule has 0 amide bonds. The van der Waals surface area contributed by atoms with Crippen LogP contribution in [0.15, 0.2) is 77.7 Å². The van der Waals surface area contributed by atoms with Gasteiger partial charge in [0.05, 0.1) is 7.11 Å². The van der Waals surface area contributed by atoms with Gasteiger partial charge in [0.25, 0.3) is 0 Å². The molecule has 0 unspecified atom stereocenters. The Bertz CT molecular complexity index is 964. The molecule has 0 aliphatic carbocycles. The van der Waals surface area contributed by atoms with Crippen molar-refractivity contribution < 1.29 is 22.4 Å². The van der Waals surface area contributed by atoms with Gasteiger partial charge in [0.1, 0.15) is 22.1 Å². The smallest absolute Gasteiger partial charge is 0.300 e. The van der Waals surface area contributed by atoms with Crippen molar-refractivity contribution in [2.24, 2.45) is 0 Å². The normalized spacial score (nSPS) is 11.2. The highest BCUT2D eigenvalue weighted by molar-refractivity contribution is 7.86. The van der Waals surface area contributed by atoms with Crippen LogP contribution in [-0.4, -0.2) is 20.6 Å². The van der Waals surface area contributed by atoms with E-state index in [2.05, 4.69) is 4.18 Å². The van der Waals surface area contributed by atoms with Crippen LogP contribution in [0.3, 0.4) is 0 Å². The number of hydrogen-bond donors (Lipinski definition) is 1. The third-order valence-corrected chi connectivity index (χ3v) is 4.90. The summed E-state index contributed by atoms with van der Waals surface area (Å²) in [6, 6.07) is 20.9. The minimum Gasteiger partial charge on any atom is -0.508 e. The predicted molar refractivity (Wildman–Crippen MR) is 94.3 cm³/mol. The Morgan fingerprint density at radius 1 is 0.840 bits per heavy atom. The molecule has 6 heteroatoms. The molecule has 0 radical (unpaired) electrons. The number of ether oxygens (including phenoxy) is 1. The Morgan fingerprint density at radius 3 is 2.12 bits per heavy atom. The fraction of sp³-hybridized carbons (Fsp3) is 0.0526. The predicted octanol–water partition coefficient (Wildman–Crippen LogP) is 4.19. The van der Waals surface area contributed by atoms with Crippen molar-refractivity contribution in [3.05, 3.63) is 72.8 Å². The van der Waals surface area contributed by atoms with Gasteiger partial charge in [-0.25, -0.2) is 0 Å². The average molecular weight is 356 g/mol. The van der Waals surface area contributed by atoms with E-state index in [0.717, 1.165) is 24.3 Å². The summed E-state index contributed by atoms with van der Waals surface area (Å²) in [4.78, 5) is -0.234. The lowest BCUT2D eigenvalue weighted by molar-refractivity contribution is 0.389. The number of phenolic OH excluding ortho intramolecular Hbond substituents is 1. The first kappa shape index (κ1) is 17.0. The molecule has 0 aliphatic heterocycles. The van der Waals surface area contributed by atoms with Crippen LogP contribution in [0.25, 0.3) is 11.1 Å². The van der Waals surface area contributed by atoms with E-state index in [9.17, 15) is 13.5 Å². The van der Waals surface area contributed by atoms with Crippen molar-refractivity contribution in [3.8, 4) is 28.4 Å². The van der Waals surface area contributed by atoms with E-state index in [1.807, 2.05) is 42.5 Å². The minimum absolute atomic E-state index is 0.0760. The number of benzene rings is 3. The molecule has 0 fully saturated rings. The van der Waals surface area contributed by atoms with E-state index in [1.54, 1.807) is 12.1 Å². The first-order valence-corrected chi connectivity index (χ1v) is 8.87. The molecule has 0 aliphatic rings. The monoisotopic (exact) mass is 356 g/mol. The zero-order valence-corrected chi connectivity index (χ0v) is 14.2. The summed E-state index contributed by atoms with van der Waals surface area (Å²) in [5.41, 5.74) is 2.09. The van der Waals surface area contributed by atoms with Crippen molar-refractivity contribution in [3.63, 3.8) is 0 Å². The number of hydrogen-bond acceptors (Lipinski definition) is 5. The first-order chi connectivity index (χ1) is 12.0. The fourth-order valence-electron chi connectivity index (χ4n) is 2.34. The minimum atomic E-state index is -4.01. The molecule has 0 heterocycles. The van der Waals surface area contributed by atoms with Gasteiger partial charge in [-0.05, 0) is 35.4 Å². The molecule has 25 heavy (non-hydrogen) atoms. The third-order valence-electron chi connectivity index (χ3n) is 3.61. The van der Waals surface area contributed by atoms with Crippen LogP contribution in [-0.2, 0) is 14.3 Å². The lowest BCUT2D eigenvalue weighted by atomic mass is 10.1. The summed E-state index contributed by atoms with van der Waals surface area (Å²) in [6.45, 7) is 0. The zero-order valence-electron chi connectivity index (χ0n) is 13.4. The van der Waals surface area contributed by atoms with Crippen molar-refractivity contribution in [2.45, 2.75) is 4.90 Å². The molecule has 3 rings (SSSR count). The highest BCUT2D eigenvalue weighted by Gasteiger charge is 2.20. The van der Waals surface area contributed by atoms with Gasteiger partial charge in [0, 0.05) is 6.07 Å². The van der Waals surface area contributed by atoms with E-state index < -0.39 is 10.1 Å². The molecule has 3 aromatic carbocycles. The van der Waals surface area contributed by atoms with E-state index in [4.69, 9.17) is 4.74 Å². The first-order valence-electron chi connectivity index (χ1n) is 7.46. The van der Waals surface area contributed by atoms with Gasteiger partial charge >= 0.3 is 10.1 Å². The maximum atomic E-state index is 12.0. The molecule has 0 saturated heterocycles. The second kappa shape index (κ2) is 6.96. The van der Waals surface area contributed by atoms with Gasteiger partial charge in [0.2, 0.25) is 0 Å². The molecule has 128 valence electrons. The summed E-state index contributed by atoms with van der Waals surface area (Å²) >= 11 is 0. The molecule has 5 nitrogen and oxygen atoms in total. The Labute approximate surface area is 146 Å². The van der Waals surface area contributed by atoms with Crippen molar-refractivity contribution >= 4 is 10.1 Å². The van der Waals surface area contributed by atoms with Crippen molar-refractivity contribution in [1.29, 1.82) is 0 Å². The Morgan fingerprint density at radius 2 is 1.48 bits per heavy atom. The molecule has 3 aromatic rings. The lowest BCUT2D eigenvalue weighted by Gasteiger charge is -2.11. The van der Waals surface area contributed by atoms with Crippen LogP contribution in [0.5, 0.6) is 17.2 Å². The molecular weight excluding hydrogens is 340 g/mol. The van der Waals surface area contributed by atoms with E-state index in [0.29, 0.717) is 5.75 Å². The third kappa shape index (κ3) is 3.81. The Kier molecular flexibility index (Phi) is 4.74. The van der Waals surface area contributed by atoms with E-state index >= 15 is 0 Å². The lowest BCUT2D eigenvalue weighted by Crippen LogP contribution is -2.04. The van der Waals surface area contributed by atoms with E-state index in [-0.39, 0.29) is 16.4 Å². The Hall–Kier alpha value is -2.83. The van der Waals surface area contributed by atoms with Crippen LogP contribution < -0.4 is 4.74 Å². The van der Waals surface area contributed by atoms with Crippen LogP contribution in [0.2, 0.25) is 0 Å². The molecule has 1 N–H and O–H groups in total. The summed E-state index contributed by atoms with van der Waals surface area (Å²) < 4.78 is 34.2. The number of phenols is 1. The topological polar surface area (TPSA) is 72.8 Å². The summed E-state index contributed by atoms with van der Waals surface area (Å²) in [7, 11) is -2.95. The molecule has 0 spiro atoms. The molecule has 0 saturated carbocycles. The van der Waals surface area contributed by atoms with Crippen LogP contribution in [0.1, 0.15) is 0 Å². The van der Waals surface area contributed by atoms with Crippen molar-refractivity contribution in [1.82, 2.24) is 0 Å².